The Morgan fingerprint density at radius 2 is 1.77 bits per heavy atom. The van der Waals surface area contributed by atoms with E-state index in [-0.39, 0.29) is 11.8 Å². The molecule has 1 aromatic carbocycles. The van der Waals surface area contributed by atoms with Crippen molar-refractivity contribution >= 4 is 11.8 Å². The summed E-state index contributed by atoms with van der Waals surface area (Å²) in [5, 5.41) is 3.06. The van der Waals surface area contributed by atoms with E-state index in [0.29, 0.717) is 18.9 Å². The fourth-order valence-electron chi connectivity index (χ4n) is 5.18. The molecule has 2 amide bonds. The molecular formula is C22H30N2O2. The molecule has 3 unspecified atom stereocenters. The molecule has 1 heterocycles. The number of nitrogens with one attached hydrogen (secondary N) is 1. The maximum absolute atomic E-state index is 12.5. The number of hydrogen-bond donors (Lipinski definition) is 1. The highest BCUT2D eigenvalue weighted by atomic mass is 16.2. The molecule has 2 aliphatic carbocycles. The van der Waals surface area contributed by atoms with Crippen molar-refractivity contribution in [2.75, 3.05) is 13.1 Å². The third-order valence-corrected chi connectivity index (χ3v) is 6.67. The van der Waals surface area contributed by atoms with Crippen LogP contribution in [0, 0.1) is 17.8 Å². The molecule has 2 saturated carbocycles. The Balaban J connectivity index is 1.25. The summed E-state index contributed by atoms with van der Waals surface area (Å²) in [6.45, 7) is 2.30. The van der Waals surface area contributed by atoms with Gasteiger partial charge in [0.05, 0.1) is 0 Å². The molecule has 1 aliphatic heterocycles. The smallest absolute Gasteiger partial charge is 0.253 e. The number of rotatable bonds is 5. The highest BCUT2D eigenvalue weighted by Gasteiger charge is 2.40. The Morgan fingerprint density at radius 1 is 1.00 bits per heavy atom. The van der Waals surface area contributed by atoms with Crippen molar-refractivity contribution in [3.8, 4) is 0 Å². The fourth-order valence-corrected chi connectivity index (χ4v) is 5.18. The lowest BCUT2D eigenvalue weighted by Gasteiger charge is -2.26. The van der Waals surface area contributed by atoms with Gasteiger partial charge in [-0.3, -0.25) is 9.59 Å². The normalized spacial score (nSPS) is 27.5. The van der Waals surface area contributed by atoms with Crippen LogP contribution in [0.25, 0.3) is 0 Å². The van der Waals surface area contributed by atoms with E-state index < -0.39 is 0 Å². The molecule has 4 rings (SSSR count). The van der Waals surface area contributed by atoms with E-state index in [4.69, 9.17) is 0 Å². The molecule has 1 aromatic rings. The minimum absolute atomic E-state index is 0.136. The zero-order chi connectivity index (χ0) is 17.9. The van der Waals surface area contributed by atoms with Crippen LogP contribution in [0.3, 0.4) is 0 Å². The number of carbonyl (C=O) groups is 2. The summed E-state index contributed by atoms with van der Waals surface area (Å²) < 4.78 is 0. The second kappa shape index (κ2) is 7.81. The van der Waals surface area contributed by atoms with Crippen LogP contribution in [0.1, 0.15) is 67.3 Å². The SMILES string of the molecule is O=C(CC1CC2CCC1C2)NCc1ccc(C(=O)N2CCCCC2)cc1. The van der Waals surface area contributed by atoms with Gasteiger partial charge in [0.25, 0.3) is 5.91 Å². The number of likely N-dealkylation sites (tertiary alicyclic amines) is 1. The summed E-state index contributed by atoms with van der Waals surface area (Å²) in [5.41, 5.74) is 1.81. The average molecular weight is 354 g/mol. The van der Waals surface area contributed by atoms with Crippen molar-refractivity contribution in [2.45, 2.75) is 57.9 Å². The van der Waals surface area contributed by atoms with Gasteiger partial charge in [0, 0.05) is 31.6 Å². The second-order valence-electron chi connectivity index (χ2n) is 8.47. The Morgan fingerprint density at radius 3 is 2.42 bits per heavy atom. The molecule has 3 aliphatic rings. The van der Waals surface area contributed by atoms with Crippen molar-refractivity contribution in [1.82, 2.24) is 10.2 Å². The molecule has 0 aromatic heterocycles. The molecule has 0 spiro atoms. The van der Waals surface area contributed by atoms with Gasteiger partial charge in [-0.15, -0.1) is 0 Å². The topological polar surface area (TPSA) is 49.4 Å². The standard InChI is InChI=1S/C22H30N2O2/c25-21(14-20-13-17-6-9-19(20)12-17)23-15-16-4-7-18(8-5-16)22(26)24-10-2-1-3-11-24/h4-5,7-8,17,19-20H,1-3,6,9-15H2,(H,23,25). The van der Waals surface area contributed by atoms with E-state index in [0.717, 1.165) is 48.9 Å². The predicted molar refractivity (Wildman–Crippen MR) is 102 cm³/mol. The quantitative estimate of drug-likeness (QED) is 0.875. The molecule has 1 N–H and O–H groups in total. The van der Waals surface area contributed by atoms with E-state index in [1.807, 2.05) is 29.2 Å². The van der Waals surface area contributed by atoms with E-state index in [1.165, 1.54) is 32.1 Å². The summed E-state index contributed by atoms with van der Waals surface area (Å²) in [6.07, 6.45) is 9.45. The zero-order valence-electron chi connectivity index (χ0n) is 15.6. The van der Waals surface area contributed by atoms with Crippen molar-refractivity contribution in [1.29, 1.82) is 0 Å². The number of amides is 2. The summed E-state index contributed by atoms with van der Waals surface area (Å²) in [4.78, 5) is 26.7. The Hall–Kier alpha value is -1.84. The highest BCUT2D eigenvalue weighted by Crippen LogP contribution is 2.49. The van der Waals surface area contributed by atoms with Crippen molar-refractivity contribution in [3.05, 3.63) is 35.4 Å². The minimum atomic E-state index is 0.136. The van der Waals surface area contributed by atoms with Crippen molar-refractivity contribution in [2.24, 2.45) is 17.8 Å². The van der Waals surface area contributed by atoms with E-state index >= 15 is 0 Å². The lowest BCUT2D eigenvalue weighted by Crippen LogP contribution is -2.35. The Bertz CT molecular complexity index is 649. The predicted octanol–water partition coefficient (Wildman–Crippen LogP) is 3.76. The zero-order valence-corrected chi connectivity index (χ0v) is 15.6. The van der Waals surface area contributed by atoms with Crippen LogP contribution in [-0.2, 0) is 11.3 Å². The van der Waals surface area contributed by atoms with E-state index in [2.05, 4.69) is 5.32 Å². The highest BCUT2D eigenvalue weighted by molar-refractivity contribution is 5.94. The van der Waals surface area contributed by atoms with Gasteiger partial charge in [0.1, 0.15) is 0 Å². The second-order valence-corrected chi connectivity index (χ2v) is 8.47. The first-order chi connectivity index (χ1) is 12.7. The molecule has 2 bridgehead atoms. The van der Waals surface area contributed by atoms with Crippen LogP contribution in [-0.4, -0.2) is 29.8 Å². The minimum Gasteiger partial charge on any atom is -0.352 e. The van der Waals surface area contributed by atoms with Crippen LogP contribution in [0.4, 0.5) is 0 Å². The lowest BCUT2D eigenvalue weighted by molar-refractivity contribution is -0.122. The molecule has 0 radical (unpaired) electrons. The number of nitrogens with zero attached hydrogens (tertiary/aromatic N) is 1. The third-order valence-electron chi connectivity index (χ3n) is 6.67. The molecule has 26 heavy (non-hydrogen) atoms. The number of benzene rings is 1. The molecule has 4 nitrogen and oxygen atoms in total. The van der Waals surface area contributed by atoms with Gasteiger partial charge in [0.15, 0.2) is 0 Å². The van der Waals surface area contributed by atoms with Gasteiger partial charge in [-0.25, -0.2) is 0 Å². The summed E-state index contributed by atoms with van der Waals surface area (Å²) in [5.74, 6) is 2.61. The lowest BCUT2D eigenvalue weighted by atomic mass is 9.86. The first-order valence-corrected chi connectivity index (χ1v) is 10.3. The average Bonchev–Trinajstić information content (AvgIpc) is 3.30. The monoisotopic (exact) mass is 354 g/mol. The van der Waals surface area contributed by atoms with Crippen LogP contribution in [0.15, 0.2) is 24.3 Å². The summed E-state index contributed by atoms with van der Waals surface area (Å²) >= 11 is 0. The molecule has 4 heteroatoms. The molecule has 3 atom stereocenters. The fraction of sp³-hybridized carbons (Fsp3) is 0.636. The van der Waals surface area contributed by atoms with Crippen LogP contribution >= 0.6 is 0 Å². The molecule has 3 fully saturated rings. The van der Waals surface area contributed by atoms with Gasteiger partial charge in [-0.1, -0.05) is 18.6 Å². The Labute approximate surface area is 156 Å². The molecule has 140 valence electrons. The van der Waals surface area contributed by atoms with Gasteiger partial charge in [-0.05, 0) is 74.0 Å². The maximum atomic E-state index is 12.5. The third kappa shape index (κ3) is 3.94. The van der Waals surface area contributed by atoms with Crippen molar-refractivity contribution < 1.29 is 9.59 Å². The number of hydrogen-bond acceptors (Lipinski definition) is 2. The van der Waals surface area contributed by atoms with Crippen LogP contribution in [0.2, 0.25) is 0 Å². The van der Waals surface area contributed by atoms with Crippen LogP contribution in [0.5, 0.6) is 0 Å². The summed E-state index contributed by atoms with van der Waals surface area (Å²) in [6, 6.07) is 7.73. The van der Waals surface area contributed by atoms with Gasteiger partial charge < -0.3 is 10.2 Å². The van der Waals surface area contributed by atoms with Gasteiger partial charge >= 0.3 is 0 Å². The molecular weight excluding hydrogens is 324 g/mol. The maximum Gasteiger partial charge on any atom is 0.253 e. The van der Waals surface area contributed by atoms with Gasteiger partial charge in [0.2, 0.25) is 5.91 Å². The first kappa shape index (κ1) is 17.6. The van der Waals surface area contributed by atoms with E-state index in [1.54, 1.807) is 0 Å². The number of piperidine rings is 1. The van der Waals surface area contributed by atoms with Crippen LogP contribution < -0.4 is 5.32 Å². The number of fused-ring (bicyclic) bond motifs is 2. The Kier molecular flexibility index (Phi) is 5.28. The first-order valence-electron chi connectivity index (χ1n) is 10.3. The number of carbonyl (C=O) groups excluding carboxylic acids is 2. The van der Waals surface area contributed by atoms with Crippen molar-refractivity contribution in [3.63, 3.8) is 0 Å². The largest absolute Gasteiger partial charge is 0.352 e. The van der Waals surface area contributed by atoms with E-state index in [9.17, 15) is 9.59 Å². The van der Waals surface area contributed by atoms with Gasteiger partial charge in [-0.2, -0.15) is 0 Å². The molecule has 1 saturated heterocycles. The summed E-state index contributed by atoms with van der Waals surface area (Å²) in [7, 11) is 0.